The molecule has 4 heterocycles. The molecule has 2 fully saturated rings. The van der Waals surface area contributed by atoms with E-state index in [2.05, 4.69) is 14.9 Å². The smallest absolute Gasteiger partial charge is 0.254 e. The number of fused-ring (bicyclic) bond motifs is 1. The Balaban J connectivity index is 1.45. The number of hydrogen-bond donors (Lipinski definition) is 0. The maximum atomic E-state index is 12.5. The second kappa shape index (κ2) is 5.68. The van der Waals surface area contributed by atoms with Gasteiger partial charge in [0.15, 0.2) is 0 Å². The van der Waals surface area contributed by atoms with Gasteiger partial charge in [-0.05, 0) is 35.8 Å². The number of nitrogens with zero attached hydrogens (tertiary/aromatic N) is 4. The van der Waals surface area contributed by atoms with Gasteiger partial charge in [-0.1, -0.05) is 0 Å². The van der Waals surface area contributed by atoms with Gasteiger partial charge in [0.1, 0.15) is 0 Å². The highest BCUT2D eigenvalue weighted by Crippen LogP contribution is 2.33. The van der Waals surface area contributed by atoms with E-state index in [0.29, 0.717) is 11.8 Å². The maximum Gasteiger partial charge on any atom is 0.254 e. The quantitative estimate of drug-likeness (QED) is 0.852. The number of hydrogen-bond acceptors (Lipinski definition) is 5. The molecule has 0 bridgehead atoms. The van der Waals surface area contributed by atoms with Crippen molar-refractivity contribution in [2.75, 3.05) is 31.1 Å². The molecule has 2 aromatic heterocycles. The minimum Gasteiger partial charge on any atom is -0.340 e. The normalized spacial score (nSPS) is 24.4. The summed E-state index contributed by atoms with van der Waals surface area (Å²) in [6, 6.07) is 3.76. The highest BCUT2D eigenvalue weighted by atomic mass is 32.1. The molecule has 0 radical (unpaired) electrons. The van der Waals surface area contributed by atoms with Crippen molar-refractivity contribution in [3.63, 3.8) is 0 Å². The van der Waals surface area contributed by atoms with E-state index in [1.807, 2.05) is 27.8 Å². The third-order valence-corrected chi connectivity index (χ3v) is 5.37. The fraction of sp³-hybridized carbons (Fsp3) is 0.438. The van der Waals surface area contributed by atoms with Gasteiger partial charge in [-0.3, -0.25) is 4.79 Å². The predicted octanol–water partition coefficient (Wildman–Crippen LogP) is 2.14. The molecule has 4 rings (SSSR count). The van der Waals surface area contributed by atoms with Crippen LogP contribution in [0.4, 0.5) is 5.95 Å². The van der Waals surface area contributed by atoms with Crippen LogP contribution < -0.4 is 4.90 Å². The Hall–Kier alpha value is -1.95. The van der Waals surface area contributed by atoms with Crippen molar-refractivity contribution in [2.24, 2.45) is 11.8 Å². The van der Waals surface area contributed by atoms with E-state index in [0.717, 1.165) is 44.1 Å². The monoisotopic (exact) mass is 314 g/mol. The van der Waals surface area contributed by atoms with E-state index < -0.39 is 0 Å². The molecule has 6 heteroatoms. The van der Waals surface area contributed by atoms with E-state index in [-0.39, 0.29) is 5.91 Å². The van der Waals surface area contributed by atoms with Crippen LogP contribution in [0.1, 0.15) is 16.8 Å². The van der Waals surface area contributed by atoms with Crippen molar-refractivity contribution >= 4 is 23.2 Å². The molecule has 2 atom stereocenters. The Bertz CT molecular complexity index is 645. The minimum absolute atomic E-state index is 0.179. The zero-order valence-corrected chi connectivity index (χ0v) is 13.1. The van der Waals surface area contributed by atoms with E-state index in [4.69, 9.17) is 0 Å². The van der Waals surface area contributed by atoms with Gasteiger partial charge in [-0.15, -0.1) is 0 Å². The molecule has 0 aromatic carbocycles. The third-order valence-electron chi connectivity index (χ3n) is 4.69. The first-order chi connectivity index (χ1) is 10.8. The van der Waals surface area contributed by atoms with Crippen LogP contribution >= 0.6 is 11.3 Å². The summed E-state index contributed by atoms with van der Waals surface area (Å²) >= 11 is 1.58. The van der Waals surface area contributed by atoms with Crippen LogP contribution in [0.25, 0.3) is 0 Å². The van der Waals surface area contributed by atoms with Gasteiger partial charge in [0.2, 0.25) is 5.95 Å². The van der Waals surface area contributed by atoms with Gasteiger partial charge >= 0.3 is 0 Å². The summed E-state index contributed by atoms with van der Waals surface area (Å²) in [6.07, 6.45) is 4.68. The molecule has 2 saturated heterocycles. The van der Waals surface area contributed by atoms with E-state index in [1.165, 1.54) is 0 Å². The van der Waals surface area contributed by atoms with Gasteiger partial charge in [-0.25, -0.2) is 9.97 Å². The van der Waals surface area contributed by atoms with Crippen molar-refractivity contribution in [3.8, 4) is 0 Å². The molecule has 0 aliphatic carbocycles. The summed E-state index contributed by atoms with van der Waals surface area (Å²) in [5.41, 5.74) is 0.826. The Morgan fingerprint density at radius 2 is 2.00 bits per heavy atom. The lowest BCUT2D eigenvalue weighted by atomic mass is 9.89. The predicted molar refractivity (Wildman–Crippen MR) is 86.1 cm³/mol. The highest BCUT2D eigenvalue weighted by molar-refractivity contribution is 7.08. The molecule has 0 spiro atoms. The Morgan fingerprint density at radius 3 is 2.77 bits per heavy atom. The lowest BCUT2D eigenvalue weighted by Gasteiger charge is -2.34. The van der Waals surface area contributed by atoms with Crippen molar-refractivity contribution in [3.05, 3.63) is 40.8 Å². The molecular weight excluding hydrogens is 296 g/mol. The third kappa shape index (κ3) is 2.47. The van der Waals surface area contributed by atoms with Crippen LogP contribution in [0.3, 0.4) is 0 Å². The van der Waals surface area contributed by atoms with Crippen molar-refractivity contribution in [2.45, 2.75) is 6.42 Å². The fourth-order valence-corrected chi connectivity index (χ4v) is 4.17. The number of piperidine rings is 1. The van der Waals surface area contributed by atoms with Crippen LogP contribution in [0.2, 0.25) is 0 Å². The fourth-order valence-electron chi connectivity index (χ4n) is 3.54. The Kier molecular flexibility index (Phi) is 3.54. The number of likely N-dealkylation sites (tertiary alicyclic amines) is 1. The second-order valence-electron chi connectivity index (χ2n) is 6.03. The minimum atomic E-state index is 0.179. The summed E-state index contributed by atoms with van der Waals surface area (Å²) in [7, 11) is 0. The number of rotatable bonds is 2. The highest BCUT2D eigenvalue weighted by Gasteiger charge is 2.39. The molecule has 1 amide bonds. The lowest BCUT2D eigenvalue weighted by molar-refractivity contribution is 0.0785. The van der Waals surface area contributed by atoms with Gasteiger partial charge in [-0.2, -0.15) is 11.3 Å². The lowest BCUT2D eigenvalue weighted by Crippen LogP contribution is -2.40. The number of aromatic nitrogens is 2. The molecule has 2 aliphatic heterocycles. The standard InChI is InChI=1S/C16H18N4OS/c21-15(13-3-7-22-11-13)20-8-12-2-6-19(9-14(12)10-20)16-17-4-1-5-18-16/h1,3-5,7,11-12,14H,2,6,8-10H2/t12-,14+/m0/s1. The van der Waals surface area contributed by atoms with Gasteiger partial charge in [0.05, 0.1) is 5.56 Å². The first-order valence-corrected chi connectivity index (χ1v) is 8.59. The summed E-state index contributed by atoms with van der Waals surface area (Å²) in [6.45, 7) is 3.67. The summed E-state index contributed by atoms with van der Waals surface area (Å²) < 4.78 is 0. The molecule has 5 nitrogen and oxygen atoms in total. The summed E-state index contributed by atoms with van der Waals surface area (Å²) in [5, 5.41) is 3.90. The van der Waals surface area contributed by atoms with Crippen LogP contribution in [0.15, 0.2) is 35.3 Å². The number of anilines is 1. The Morgan fingerprint density at radius 1 is 1.18 bits per heavy atom. The van der Waals surface area contributed by atoms with Crippen molar-refractivity contribution < 1.29 is 4.79 Å². The Labute approximate surface area is 133 Å². The number of carbonyl (C=O) groups excluding carboxylic acids is 1. The number of thiophene rings is 1. The van der Waals surface area contributed by atoms with Crippen molar-refractivity contribution in [1.29, 1.82) is 0 Å². The van der Waals surface area contributed by atoms with Gasteiger partial charge in [0.25, 0.3) is 5.91 Å². The topological polar surface area (TPSA) is 49.3 Å². The molecule has 0 N–H and O–H groups in total. The zero-order chi connectivity index (χ0) is 14.9. The van der Waals surface area contributed by atoms with E-state index in [1.54, 1.807) is 23.7 Å². The number of carbonyl (C=O) groups is 1. The average Bonchev–Trinajstić information content (AvgIpc) is 3.23. The first-order valence-electron chi connectivity index (χ1n) is 7.64. The average molecular weight is 314 g/mol. The summed E-state index contributed by atoms with van der Waals surface area (Å²) in [4.78, 5) is 25.5. The van der Waals surface area contributed by atoms with Crippen LogP contribution in [0, 0.1) is 11.8 Å². The van der Waals surface area contributed by atoms with Gasteiger partial charge < -0.3 is 9.80 Å². The molecule has 22 heavy (non-hydrogen) atoms. The molecule has 0 saturated carbocycles. The molecule has 2 aliphatic rings. The summed E-state index contributed by atoms with van der Waals surface area (Å²) in [5.74, 6) is 2.13. The molecule has 114 valence electrons. The van der Waals surface area contributed by atoms with Crippen molar-refractivity contribution in [1.82, 2.24) is 14.9 Å². The molecular formula is C16H18N4OS. The zero-order valence-electron chi connectivity index (χ0n) is 12.3. The largest absolute Gasteiger partial charge is 0.340 e. The van der Waals surface area contributed by atoms with Crippen LogP contribution in [0.5, 0.6) is 0 Å². The van der Waals surface area contributed by atoms with E-state index in [9.17, 15) is 4.79 Å². The SMILES string of the molecule is O=C(c1ccsc1)N1C[C@@H]2CCN(c3ncccn3)C[C@@H]2C1. The van der Waals surface area contributed by atoms with Crippen LogP contribution in [-0.4, -0.2) is 47.0 Å². The van der Waals surface area contributed by atoms with Crippen LogP contribution in [-0.2, 0) is 0 Å². The van der Waals surface area contributed by atoms with Gasteiger partial charge in [0, 0.05) is 44.0 Å². The second-order valence-corrected chi connectivity index (χ2v) is 6.81. The van der Waals surface area contributed by atoms with E-state index >= 15 is 0 Å². The molecule has 2 aromatic rings. The maximum absolute atomic E-state index is 12.5. The number of amides is 1. The first kappa shape index (κ1) is 13.7. The molecule has 0 unspecified atom stereocenters.